The molecule has 0 saturated heterocycles. The fourth-order valence-corrected chi connectivity index (χ4v) is 0.392. The van der Waals surface area contributed by atoms with Gasteiger partial charge in [0.05, 0.1) is 0 Å². The Morgan fingerprint density at radius 1 is 1.57 bits per heavy atom. The van der Waals surface area contributed by atoms with Crippen LogP contribution in [0, 0.1) is 0 Å². The van der Waals surface area contributed by atoms with E-state index in [0.29, 0.717) is 6.42 Å². The Hall–Kier alpha value is 0.280. The van der Waals surface area contributed by atoms with Crippen LogP contribution < -0.4 is 0 Å². The molecule has 0 rings (SSSR count). The van der Waals surface area contributed by atoms with Crippen molar-refractivity contribution in [3.63, 3.8) is 0 Å². The van der Waals surface area contributed by atoms with Crippen LogP contribution in [0.2, 0.25) is 0 Å². The number of aliphatic hydroxyl groups is 1. The Morgan fingerprint density at radius 2 is 2.14 bits per heavy atom. The summed E-state index contributed by atoms with van der Waals surface area (Å²) in [5, 5.41) is 8.15. The molecule has 0 aliphatic rings. The highest BCUT2D eigenvalue weighted by Crippen LogP contribution is 2.06. The quantitative estimate of drug-likeness (QED) is 0.620. The zero-order valence-electron chi connectivity index (χ0n) is 3.69. The van der Waals surface area contributed by atoms with Crippen LogP contribution >= 0.6 is 23.2 Å². The van der Waals surface area contributed by atoms with Crippen molar-refractivity contribution in [1.82, 2.24) is 0 Å². The van der Waals surface area contributed by atoms with Crippen molar-refractivity contribution in [3.05, 3.63) is 10.6 Å². The highest BCUT2D eigenvalue weighted by molar-refractivity contribution is 6.55. The van der Waals surface area contributed by atoms with Crippen molar-refractivity contribution in [2.75, 3.05) is 6.61 Å². The van der Waals surface area contributed by atoms with Crippen LogP contribution in [0.3, 0.4) is 0 Å². The van der Waals surface area contributed by atoms with Crippen molar-refractivity contribution in [1.29, 1.82) is 0 Å². The SMILES string of the molecule is OCCC=C(Cl)Cl. The minimum atomic E-state index is 0.100. The molecule has 0 heterocycles. The monoisotopic (exact) mass is 140 g/mol. The maximum atomic E-state index is 8.15. The van der Waals surface area contributed by atoms with Crippen LogP contribution in [0.1, 0.15) is 6.42 Å². The third-order valence-electron chi connectivity index (χ3n) is 0.428. The second-order valence-corrected chi connectivity index (χ2v) is 2.01. The maximum absolute atomic E-state index is 8.15. The summed E-state index contributed by atoms with van der Waals surface area (Å²) < 4.78 is 0.217. The molecule has 0 aliphatic carbocycles. The van der Waals surface area contributed by atoms with Crippen LogP contribution in [0.5, 0.6) is 0 Å². The molecule has 0 saturated carbocycles. The molecule has 0 bridgehead atoms. The number of hydrogen-bond acceptors (Lipinski definition) is 1. The molecule has 0 aromatic rings. The van der Waals surface area contributed by atoms with Gasteiger partial charge in [-0.15, -0.1) is 0 Å². The standard InChI is InChI=1S/C4H6Cl2O/c5-4(6)2-1-3-7/h2,7H,1,3H2. The maximum Gasteiger partial charge on any atom is 0.102 e. The first-order chi connectivity index (χ1) is 3.27. The highest BCUT2D eigenvalue weighted by Gasteiger charge is 1.78. The molecule has 42 valence electrons. The van der Waals surface area contributed by atoms with Gasteiger partial charge >= 0.3 is 0 Å². The fourth-order valence-electron chi connectivity index (χ4n) is 0.174. The van der Waals surface area contributed by atoms with E-state index in [1.807, 2.05) is 0 Å². The van der Waals surface area contributed by atoms with E-state index in [1.54, 1.807) is 6.08 Å². The zero-order chi connectivity index (χ0) is 5.70. The molecular formula is C4H6Cl2O. The second kappa shape index (κ2) is 4.44. The summed E-state index contributed by atoms with van der Waals surface area (Å²) in [5.74, 6) is 0. The van der Waals surface area contributed by atoms with Crippen molar-refractivity contribution in [2.45, 2.75) is 6.42 Å². The Balaban J connectivity index is 3.08. The third-order valence-corrected chi connectivity index (χ3v) is 0.736. The summed E-state index contributed by atoms with van der Waals surface area (Å²) in [6.07, 6.45) is 2.07. The van der Waals surface area contributed by atoms with Crippen LogP contribution in [-0.2, 0) is 0 Å². The van der Waals surface area contributed by atoms with Gasteiger partial charge < -0.3 is 5.11 Å². The lowest BCUT2D eigenvalue weighted by molar-refractivity contribution is 0.302. The third kappa shape index (κ3) is 6.28. The molecule has 0 aromatic heterocycles. The fraction of sp³-hybridized carbons (Fsp3) is 0.500. The van der Waals surface area contributed by atoms with E-state index < -0.39 is 0 Å². The average molecular weight is 141 g/mol. The molecule has 0 amide bonds. The van der Waals surface area contributed by atoms with E-state index in [2.05, 4.69) is 0 Å². The van der Waals surface area contributed by atoms with Gasteiger partial charge in [-0.05, 0) is 6.42 Å². The van der Waals surface area contributed by atoms with Gasteiger partial charge in [-0.1, -0.05) is 29.3 Å². The van der Waals surface area contributed by atoms with Gasteiger partial charge in [0.2, 0.25) is 0 Å². The lowest BCUT2D eigenvalue weighted by Gasteiger charge is -1.80. The number of rotatable bonds is 2. The Morgan fingerprint density at radius 3 is 2.29 bits per heavy atom. The minimum Gasteiger partial charge on any atom is -0.396 e. The van der Waals surface area contributed by atoms with Gasteiger partial charge in [0.1, 0.15) is 4.49 Å². The Kier molecular flexibility index (Phi) is 4.62. The van der Waals surface area contributed by atoms with Crippen molar-refractivity contribution < 1.29 is 5.11 Å². The van der Waals surface area contributed by atoms with Crippen molar-refractivity contribution in [2.24, 2.45) is 0 Å². The molecule has 0 atom stereocenters. The van der Waals surface area contributed by atoms with Gasteiger partial charge in [0.25, 0.3) is 0 Å². The molecule has 7 heavy (non-hydrogen) atoms. The molecule has 1 nitrogen and oxygen atoms in total. The molecule has 0 aliphatic heterocycles. The van der Waals surface area contributed by atoms with Crippen molar-refractivity contribution in [3.8, 4) is 0 Å². The van der Waals surface area contributed by atoms with Crippen LogP contribution in [0.15, 0.2) is 10.6 Å². The predicted octanol–water partition coefficient (Wildman–Crippen LogP) is 1.69. The number of halogens is 2. The summed E-state index contributed by atoms with van der Waals surface area (Å²) in [7, 11) is 0. The van der Waals surface area contributed by atoms with Gasteiger partial charge in [0.15, 0.2) is 0 Å². The molecule has 1 N–H and O–H groups in total. The predicted molar refractivity (Wildman–Crippen MR) is 31.5 cm³/mol. The Labute approximate surface area is 52.5 Å². The first-order valence-electron chi connectivity index (χ1n) is 1.89. The number of hydrogen-bond donors (Lipinski definition) is 1. The minimum absolute atomic E-state index is 0.100. The molecule has 0 fully saturated rings. The summed E-state index contributed by atoms with van der Waals surface area (Å²) in [6.45, 7) is 0.100. The van der Waals surface area contributed by atoms with Crippen LogP contribution in [0.4, 0.5) is 0 Å². The topological polar surface area (TPSA) is 20.2 Å². The molecule has 0 radical (unpaired) electrons. The van der Waals surface area contributed by atoms with Gasteiger partial charge in [-0.25, -0.2) is 0 Å². The lowest BCUT2D eigenvalue weighted by Crippen LogP contribution is -1.74. The molecule has 0 unspecified atom stereocenters. The normalized spacial score (nSPS) is 8.43. The molecule has 3 heteroatoms. The first-order valence-corrected chi connectivity index (χ1v) is 2.65. The second-order valence-electron chi connectivity index (χ2n) is 1.01. The van der Waals surface area contributed by atoms with E-state index >= 15 is 0 Å². The van der Waals surface area contributed by atoms with E-state index in [9.17, 15) is 0 Å². The largest absolute Gasteiger partial charge is 0.396 e. The average Bonchev–Trinajstić information content (AvgIpc) is 1.61. The van der Waals surface area contributed by atoms with Crippen molar-refractivity contribution >= 4 is 23.2 Å². The highest BCUT2D eigenvalue weighted by atomic mass is 35.5. The van der Waals surface area contributed by atoms with Crippen LogP contribution in [-0.4, -0.2) is 11.7 Å². The molecule has 0 aromatic carbocycles. The first kappa shape index (κ1) is 7.28. The summed E-state index contributed by atoms with van der Waals surface area (Å²) in [6, 6.07) is 0. The Bertz CT molecular complexity index is 66.1. The summed E-state index contributed by atoms with van der Waals surface area (Å²) in [4.78, 5) is 0. The summed E-state index contributed by atoms with van der Waals surface area (Å²) >= 11 is 10.3. The zero-order valence-corrected chi connectivity index (χ0v) is 5.21. The smallest absolute Gasteiger partial charge is 0.102 e. The van der Waals surface area contributed by atoms with Gasteiger partial charge in [0, 0.05) is 6.61 Å². The molecule has 0 spiro atoms. The van der Waals surface area contributed by atoms with E-state index in [4.69, 9.17) is 28.3 Å². The number of aliphatic hydroxyl groups excluding tert-OH is 1. The van der Waals surface area contributed by atoms with E-state index in [1.165, 1.54) is 0 Å². The lowest BCUT2D eigenvalue weighted by atomic mass is 10.5. The van der Waals surface area contributed by atoms with Gasteiger partial charge in [-0.2, -0.15) is 0 Å². The van der Waals surface area contributed by atoms with E-state index in [-0.39, 0.29) is 11.1 Å². The molecular weight excluding hydrogens is 135 g/mol. The van der Waals surface area contributed by atoms with Crippen LogP contribution in [0.25, 0.3) is 0 Å². The summed E-state index contributed by atoms with van der Waals surface area (Å²) in [5.41, 5.74) is 0. The van der Waals surface area contributed by atoms with Gasteiger partial charge in [-0.3, -0.25) is 0 Å². The van der Waals surface area contributed by atoms with E-state index in [0.717, 1.165) is 0 Å².